The molecule has 3 heterocycles. The first kappa shape index (κ1) is 21.9. The molecule has 3 atom stereocenters. The van der Waals surface area contributed by atoms with E-state index in [-0.39, 0.29) is 22.9 Å². The molecule has 3 saturated heterocycles. The molecule has 0 radical (unpaired) electrons. The molecule has 7 nitrogen and oxygen atoms in total. The molecule has 3 fully saturated rings. The molecule has 3 aliphatic heterocycles. The molecule has 0 aromatic heterocycles. The summed E-state index contributed by atoms with van der Waals surface area (Å²) in [7, 11) is -3.79. The normalized spacial score (nSPS) is 33.1. The van der Waals surface area contributed by atoms with E-state index in [1.807, 2.05) is 0 Å². The highest BCUT2D eigenvalue weighted by Crippen LogP contribution is 2.48. The number of hydrogen-bond donors (Lipinski definition) is 2. The maximum Gasteiger partial charge on any atom is 0.332 e. The van der Waals surface area contributed by atoms with Crippen molar-refractivity contribution in [1.29, 1.82) is 0 Å². The molecule has 2 N–H and O–H groups in total. The van der Waals surface area contributed by atoms with E-state index in [0.29, 0.717) is 0 Å². The van der Waals surface area contributed by atoms with E-state index in [0.717, 1.165) is 83.1 Å². The lowest BCUT2D eigenvalue weighted by Gasteiger charge is -2.65. The van der Waals surface area contributed by atoms with Crippen molar-refractivity contribution in [3.63, 3.8) is 0 Å². The Morgan fingerprint density at radius 1 is 1.03 bits per heavy atom. The van der Waals surface area contributed by atoms with Crippen LogP contribution in [0.15, 0.2) is 6.07 Å². The van der Waals surface area contributed by atoms with Crippen LogP contribution in [0.1, 0.15) is 68.2 Å². The number of hydrogen-bond acceptors (Lipinski definition) is 5. The molecule has 180 valence electrons. The van der Waals surface area contributed by atoms with Gasteiger partial charge >= 0.3 is 6.03 Å². The highest BCUT2D eigenvalue weighted by molar-refractivity contribution is 7.90. The van der Waals surface area contributed by atoms with Crippen LogP contribution < -0.4 is 10.0 Å². The van der Waals surface area contributed by atoms with E-state index in [1.54, 1.807) is 0 Å². The van der Waals surface area contributed by atoms with Crippen LogP contribution in [0.3, 0.4) is 0 Å². The molecule has 33 heavy (non-hydrogen) atoms. The van der Waals surface area contributed by atoms with E-state index in [1.165, 1.54) is 22.3 Å². The number of carbonyl (C=O) groups is 1. The van der Waals surface area contributed by atoms with Crippen molar-refractivity contribution >= 4 is 21.7 Å². The van der Waals surface area contributed by atoms with Gasteiger partial charge in [-0.15, -0.1) is 0 Å². The minimum Gasteiger partial charge on any atom is -0.307 e. The number of nitrogens with zero attached hydrogens (tertiary/aromatic N) is 2. The first-order valence-electron chi connectivity index (χ1n) is 12.7. The average molecular weight is 473 g/mol. The van der Waals surface area contributed by atoms with Crippen LogP contribution in [0, 0.1) is 0 Å². The Hall–Kier alpha value is -1.64. The summed E-state index contributed by atoms with van der Waals surface area (Å²) >= 11 is 0. The van der Waals surface area contributed by atoms with Crippen molar-refractivity contribution in [3.05, 3.63) is 28.3 Å². The van der Waals surface area contributed by atoms with Crippen LogP contribution in [0.5, 0.6) is 0 Å². The number of aryl methyl sites for hydroxylation is 2. The maximum absolute atomic E-state index is 13.3. The number of urea groups is 1. The molecule has 0 saturated carbocycles. The molecule has 1 aromatic rings. The Morgan fingerprint density at radius 2 is 1.73 bits per heavy atom. The number of piperazine rings is 1. The van der Waals surface area contributed by atoms with Gasteiger partial charge in [-0.05, 0) is 100 Å². The van der Waals surface area contributed by atoms with E-state index < -0.39 is 16.1 Å². The fraction of sp³-hybridized carbons (Fsp3) is 0.720. The second-order valence-corrected chi connectivity index (χ2v) is 13.2. The molecular formula is C25H36N4O3S. The van der Waals surface area contributed by atoms with Gasteiger partial charge in [-0.25, -0.2) is 17.9 Å². The molecule has 2 aliphatic carbocycles. The molecule has 2 amide bonds. The number of anilines is 1. The average Bonchev–Trinajstić information content (AvgIpc) is 3.46. The van der Waals surface area contributed by atoms with Gasteiger partial charge in [0.25, 0.3) is 0 Å². The number of carbonyl (C=O) groups excluding carboxylic acids is 1. The zero-order valence-corrected chi connectivity index (χ0v) is 20.7. The van der Waals surface area contributed by atoms with E-state index in [4.69, 9.17) is 0 Å². The van der Waals surface area contributed by atoms with E-state index in [9.17, 15) is 13.2 Å². The Morgan fingerprint density at radius 3 is 2.36 bits per heavy atom. The van der Waals surface area contributed by atoms with E-state index >= 15 is 0 Å². The van der Waals surface area contributed by atoms with Crippen molar-refractivity contribution in [1.82, 2.24) is 14.5 Å². The van der Waals surface area contributed by atoms with Gasteiger partial charge < -0.3 is 5.32 Å². The van der Waals surface area contributed by atoms with Crippen molar-refractivity contribution < 1.29 is 13.2 Å². The van der Waals surface area contributed by atoms with Crippen molar-refractivity contribution in [2.75, 3.05) is 30.7 Å². The molecular weight excluding hydrogens is 436 g/mol. The second-order valence-electron chi connectivity index (χ2n) is 11.4. The SMILES string of the molecule is C[C@@]12CCN1[C@@H](CS(=O)(=O)NC(=O)Nc1c3c(cc4c1CCC4)CCC3)[C@@]1(C)CCCN1C2. The summed E-state index contributed by atoms with van der Waals surface area (Å²) in [6, 6.07) is 1.61. The predicted octanol–water partition coefficient (Wildman–Crippen LogP) is 2.82. The first-order valence-corrected chi connectivity index (χ1v) is 14.3. The lowest BCUT2D eigenvalue weighted by molar-refractivity contribution is -0.144. The van der Waals surface area contributed by atoms with Gasteiger partial charge in [-0.2, -0.15) is 0 Å². The molecule has 5 aliphatic rings. The van der Waals surface area contributed by atoms with Crippen molar-refractivity contribution in [3.8, 4) is 0 Å². The molecule has 0 spiro atoms. The van der Waals surface area contributed by atoms with Crippen LogP contribution in [-0.2, 0) is 35.7 Å². The number of rotatable bonds is 4. The van der Waals surface area contributed by atoms with Gasteiger partial charge in [-0.3, -0.25) is 9.80 Å². The third kappa shape index (κ3) is 3.43. The van der Waals surface area contributed by atoms with Gasteiger partial charge in [0.15, 0.2) is 0 Å². The zero-order chi connectivity index (χ0) is 23.0. The highest BCUT2D eigenvalue weighted by Gasteiger charge is 2.59. The molecule has 0 unspecified atom stereocenters. The summed E-state index contributed by atoms with van der Waals surface area (Å²) in [6.45, 7) is 7.46. The highest BCUT2D eigenvalue weighted by atomic mass is 32.2. The number of fused-ring (bicyclic) bond motifs is 4. The van der Waals surface area contributed by atoms with Gasteiger partial charge in [0.1, 0.15) is 0 Å². The van der Waals surface area contributed by atoms with Gasteiger partial charge in [0.2, 0.25) is 10.0 Å². The molecule has 6 rings (SSSR count). The summed E-state index contributed by atoms with van der Waals surface area (Å²) in [5.41, 5.74) is 5.85. The monoisotopic (exact) mass is 472 g/mol. The number of benzene rings is 1. The summed E-state index contributed by atoms with van der Waals surface area (Å²) < 4.78 is 28.9. The second kappa shape index (κ2) is 7.43. The van der Waals surface area contributed by atoms with Crippen molar-refractivity contribution in [2.45, 2.75) is 88.8 Å². The lowest BCUT2D eigenvalue weighted by atomic mass is 9.74. The standard InChI is InChI=1S/C25H36N4O3S/c1-24-11-13-29(24)21(25(2)10-5-12-28(25)16-24)15-33(31,32)27-23(30)26-22-19-8-3-6-17(19)14-18-7-4-9-20(18)22/h14,21H,3-13,15-16H2,1-2H3,(H2,26,27,30)/t21-,24-,25+/m0/s1. The third-order valence-corrected chi connectivity index (χ3v) is 10.6. The smallest absolute Gasteiger partial charge is 0.307 e. The fourth-order valence-corrected chi connectivity index (χ4v) is 8.89. The molecule has 8 heteroatoms. The first-order chi connectivity index (χ1) is 15.7. The van der Waals surface area contributed by atoms with Gasteiger partial charge in [0.05, 0.1) is 5.75 Å². The summed E-state index contributed by atoms with van der Waals surface area (Å²) in [4.78, 5) is 17.9. The van der Waals surface area contributed by atoms with Crippen molar-refractivity contribution in [2.24, 2.45) is 0 Å². The number of amides is 2. The van der Waals surface area contributed by atoms with Crippen LogP contribution in [0.25, 0.3) is 0 Å². The Balaban J connectivity index is 1.21. The lowest BCUT2D eigenvalue weighted by Crippen LogP contribution is -2.78. The topological polar surface area (TPSA) is 81.8 Å². The number of nitrogens with one attached hydrogen (secondary N) is 2. The largest absolute Gasteiger partial charge is 0.332 e. The fourth-order valence-electron chi connectivity index (χ4n) is 7.52. The Labute approximate surface area is 197 Å². The maximum atomic E-state index is 13.3. The molecule has 0 bridgehead atoms. The summed E-state index contributed by atoms with van der Waals surface area (Å²) in [6.07, 6.45) is 9.41. The minimum absolute atomic E-state index is 0.0337. The van der Waals surface area contributed by atoms with E-state index in [2.05, 4.69) is 39.8 Å². The van der Waals surface area contributed by atoms with Gasteiger partial charge in [-0.1, -0.05) is 6.07 Å². The predicted molar refractivity (Wildman–Crippen MR) is 129 cm³/mol. The van der Waals surface area contributed by atoms with Crippen LogP contribution in [0.2, 0.25) is 0 Å². The quantitative estimate of drug-likeness (QED) is 0.704. The minimum atomic E-state index is -3.79. The van der Waals surface area contributed by atoms with Crippen LogP contribution >= 0.6 is 0 Å². The van der Waals surface area contributed by atoms with Crippen LogP contribution in [-0.4, -0.2) is 66.8 Å². The third-order valence-electron chi connectivity index (χ3n) is 9.38. The summed E-state index contributed by atoms with van der Waals surface area (Å²) in [5, 5.41) is 2.98. The Bertz CT molecular complexity index is 1090. The zero-order valence-electron chi connectivity index (χ0n) is 19.9. The number of sulfonamides is 1. The Kier molecular flexibility index (Phi) is 4.92. The molecule has 1 aromatic carbocycles. The van der Waals surface area contributed by atoms with Crippen LogP contribution in [0.4, 0.5) is 10.5 Å². The summed E-state index contributed by atoms with van der Waals surface area (Å²) in [5.74, 6) is -0.0337. The van der Waals surface area contributed by atoms with Gasteiger partial charge in [0, 0.05) is 35.9 Å².